The molecule has 0 heterocycles. The topological polar surface area (TPSA) is 46.2 Å². The molecule has 1 amide bonds. The largest absolute Gasteiger partial charge is 0.326 e. The number of Topliss-reactive ketones (excluding diaryl/α,β-unsaturated/α-hetero) is 1. The van der Waals surface area contributed by atoms with Crippen molar-refractivity contribution in [1.82, 2.24) is 0 Å². The maximum atomic E-state index is 11.6. The van der Waals surface area contributed by atoms with Gasteiger partial charge in [0.25, 0.3) is 0 Å². The van der Waals surface area contributed by atoms with Gasteiger partial charge in [0, 0.05) is 17.7 Å². The zero-order valence-corrected chi connectivity index (χ0v) is 10.8. The van der Waals surface area contributed by atoms with E-state index in [0.29, 0.717) is 17.7 Å². The van der Waals surface area contributed by atoms with Crippen LogP contribution in [0.4, 0.5) is 5.69 Å². The molecule has 0 spiro atoms. The molecule has 1 rings (SSSR count). The van der Waals surface area contributed by atoms with Gasteiger partial charge in [0.1, 0.15) is 0 Å². The van der Waals surface area contributed by atoms with Gasteiger partial charge in [0.05, 0.1) is 5.38 Å². The molecule has 1 atom stereocenters. The van der Waals surface area contributed by atoms with Crippen LogP contribution >= 0.6 is 11.6 Å². The Hall–Kier alpha value is -1.35. The van der Waals surface area contributed by atoms with Gasteiger partial charge in [-0.3, -0.25) is 9.59 Å². The second-order valence-corrected chi connectivity index (χ2v) is 4.51. The zero-order valence-electron chi connectivity index (χ0n) is 10.00. The number of halogens is 1. The van der Waals surface area contributed by atoms with Crippen LogP contribution in [0.15, 0.2) is 24.3 Å². The fourth-order valence-corrected chi connectivity index (χ4v) is 1.52. The number of nitrogens with one attached hydrogen (secondary N) is 1. The third-order valence-corrected chi connectivity index (χ3v) is 2.49. The predicted octanol–water partition coefficient (Wildman–Crippen LogP) is 3.24. The number of amides is 1. The van der Waals surface area contributed by atoms with E-state index in [1.807, 2.05) is 6.92 Å². The SMILES string of the molecule is CCCC(=O)Nc1ccc(C(=O)[C@H](C)Cl)cc1. The van der Waals surface area contributed by atoms with Crippen LogP contribution in [-0.2, 0) is 4.79 Å². The normalized spacial score (nSPS) is 11.9. The van der Waals surface area contributed by atoms with E-state index in [-0.39, 0.29) is 11.7 Å². The summed E-state index contributed by atoms with van der Waals surface area (Å²) in [7, 11) is 0. The fraction of sp³-hybridized carbons (Fsp3) is 0.385. The first-order chi connectivity index (χ1) is 8.04. The van der Waals surface area contributed by atoms with Crippen LogP contribution in [0.25, 0.3) is 0 Å². The molecule has 1 aromatic rings. The van der Waals surface area contributed by atoms with Crippen molar-refractivity contribution in [2.45, 2.75) is 32.1 Å². The number of hydrogen-bond acceptors (Lipinski definition) is 2. The molecule has 4 heteroatoms. The van der Waals surface area contributed by atoms with Crippen molar-refractivity contribution in [3.63, 3.8) is 0 Å². The number of rotatable bonds is 5. The van der Waals surface area contributed by atoms with Crippen LogP contribution in [0.3, 0.4) is 0 Å². The van der Waals surface area contributed by atoms with Crippen LogP contribution in [0.1, 0.15) is 37.0 Å². The number of alkyl halides is 1. The molecule has 0 aromatic heterocycles. The number of ketones is 1. The quantitative estimate of drug-likeness (QED) is 0.647. The molecule has 92 valence electrons. The summed E-state index contributed by atoms with van der Waals surface area (Å²) in [6.07, 6.45) is 1.31. The molecule has 0 aliphatic carbocycles. The lowest BCUT2D eigenvalue weighted by Gasteiger charge is -2.06. The van der Waals surface area contributed by atoms with Crippen LogP contribution in [0.2, 0.25) is 0 Å². The lowest BCUT2D eigenvalue weighted by molar-refractivity contribution is -0.116. The summed E-state index contributed by atoms with van der Waals surface area (Å²) < 4.78 is 0. The van der Waals surface area contributed by atoms with E-state index in [2.05, 4.69) is 5.32 Å². The van der Waals surface area contributed by atoms with E-state index >= 15 is 0 Å². The maximum Gasteiger partial charge on any atom is 0.224 e. The van der Waals surface area contributed by atoms with Gasteiger partial charge in [-0.2, -0.15) is 0 Å². The standard InChI is InChI=1S/C13H16ClNO2/c1-3-4-12(16)15-11-7-5-10(6-8-11)13(17)9(2)14/h5-9H,3-4H2,1-2H3,(H,15,16)/t9-/m0/s1. The summed E-state index contributed by atoms with van der Waals surface area (Å²) in [6.45, 7) is 3.59. The van der Waals surface area contributed by atoms with Crippen LogP contribution in [0, 0.1) is 0 Å². The average Bonchev–Trinajstić information content (AvgIpc) is 2.29. The van der Waals surface area contributed by atoms with E-state index in [1.165, 1.54) is 0 Å². The van der Waals surface area contributed by atoms with Crippen LogP contribution < -0.4 is 5.32 Å². The van der Waals surface area contributed by atoms with Gasteiger partial charge >= 0.3 is 0 Å². The van der Waals surface area contributed by atoms with Gasteiger partial charge < -0.3 is 5.32 Å². The Kier molecular flexibility index (Phi) is 5.16. The Balaban J connectivity index is 2.68. The zero-order chi connectivity index (χ0) is 12.8. The van der Waals surface area contributed by atoms with Gasteiger partial charge in [-0.25, -0.2) is 0 Å². The van der Waals surface area contributed by atoms with Crippen molar-refractivity contribution >= 4 is 29.0 Å². The molecule has 0 aliphatic heterocycles. The lowest BCUT2D eigenvalue weighted by Crippen LogP contribution is -2.12. The Morgan fingerprint density at radius 1 is 1.29 bits per heavy atom. The molecule has 0 radical (unpaired) electrons. The van der Waals surface area contributed by atoms with E-state index in [4.69, 9.17) is 11.6 Å². The van der Waals surface area contributed by atoms with Crippen LogP contribution in [0.5, 0.6) is 0 Å². The minimum atomic E-state index is -0.532. The number of carbonyl (C=O) groups is 2. The van der Waals surface area contributed by atoms with Crippen molar-refractivity contribution in [1.29, 1.82) is 0 Å². The lowest BCUT2D eigenvalue weighted by atomic mass is 10.1. The maximum absolute atomic E-state index is 11.6. The van der Waals surface area contributed by atoms with Crippen molar-refractivity contribution in [3.05, 3.63) is 29.8 Å². The summed E-state index contributed by atoms with van der Waals surface area (Å²) in [6, 6.07) is 6.76. The van der Waals surface area contributed by atoms with Gasteiger partial charge in [0.2, 0.25) is 5.91 Å². The van der Waals surface area contributed by atoms with Crippen molar-refractivity contribution < 1.29 is 9.59 Å². The molecule has 0 aliphatic rings. The predicted molar refractivity (Wildman–Crippen MR) is 69.6 cm³/mol. The molecular weight excluding hydrogens is 238 g/mol. The van der Waals surface area contributed by atoms with E-state index in [9.17, 15) is 9.59 Å². The highest BCUT2D eigenvalue weighted by Gasteiger charge is 2.11. The fourth-order valence-electron chi connectivity index (χ4n) is 1.40. The van der Waals surface area contributed by atoms with Gasteiger partial charge in [0.15, 0.2) is 5.78 Å². The van der Waals surface area contributed by atoms with Crippen molar-refractivity contribution in [2.75, 3.05) is 5.32 Å². The van der Waals surface area contributed by atoms with E-state index < -0.39 is 5.38 Å². The summed E-state index contributed by atoms with van der Waals surface area (Å²) in [5.41, 5.74) is 1.25. The molecule has 0 unspecified atom stereocenters. The smallest absolute Gasteiger partial charge is 0.224 e. The van der Waals surface area contributed by atoms with E-state index in [0.717, 1.165) is 6.42 Å². The van der Waals surface area contributed by atoms with Gasteiger partial charge in [-0.05, 0) is 37.6 Å². The first kappa shape index (κ1) is 13.7. The molecule has 1 N–H and O–H groups in total. The highest BCUT2D eigenvalue weighted by molar-refractivity contribution is 6.33. The summed E-state index contributed by atoms with van der Waals surface area (Å²) in [4.78, 5) is 22.9. The van der Waals surface area contributed by atoms with Gasteiger partial charge in [-0.15, -0.1) is 11.6 Å². The summed E-state index contributed by atoms with van der Waals surface area (Å²) in [5.74, 6) is -0.129. The second-order valence-electron chi connectivity index (χ2n) is 3.86. The Morgan fingerprint density at radius 2 is 1.88 bits per heavy atom. The third kappa shape index (κ3) is 4.19. The van der Waals surface area contributed by atoms with Crippen molar-refractivity contribution in [2.24, 2.45) is 0 Å². The summed E-state index contributed by atoms with van der Waals surface area (Å²) in [5, 5.41) is 2.22. The molecule has 0 fully saturated rings. The number of hydrogen-bond donors (Lipinski definition) is 1. The molecular formula is C13H16ClNO2. The molecule has 17 heavy (non-hydrogen) atoms. The molecule has 0 saturated carbocycles. The number of benzene rings is 1. The highest BCUT2D eigenvalue weighted by atomic mass is 35.5. The molecule has 3 nitrogen and oxygen atoms in total. The first-order valence-corrected chi connectivity index (χ1v) is 6.06. The van der Waals surface area contributed by atoms with Crippen molar-refractivity contribution in [3.8, 4) is 0 Å². The second kappa shape index (κ2) is 6.40. The third-order valence-electron chi connectivity index (χ3n) is 2.29. The average molecular weight is 254 g/mol. The Labute approximate surface area is 106 Å². The highest BCUT2D eigenvalue weighted by Crippen LogP contribution is 2.13. The minimum Gasteiger partial charge on any atom is -0.326 e. The van der Waals surface area contributed by atoms with E-state index in [1.54, 1.807) is 31.2 Å². The number of anilines is 1. The minimum absolute atomic E-state index is 0.0164. The Morgan fingerprint density at radius 3 is 2.35 bits per heavy atom. The molecule has 0 bridgehead atoms. The summed E-state index contributed by atoms with van der Waals surface area (Å²) >= 11 is 5.71. The van der Waals surface area contributed by atoms with Gasteiger partial charge in [-0.1, -0.05) is 6.92 Å². The number of carbonyl (C=O) groups excluding carboxylic acids is 2. The molecule has 1 aromatic carbocycles. The monoisotopic (exact) mass is 253 g/mol. The molecule has 0 saturated heterocycles. The van der Waals surface area contributed by atoms with Crippen LogP contribution in [-0.4, -0.2) is 17.1 Å². The Bertz CT molecular complexity index is 398. The first-order valence-electron chi connectivity index (χ1n) is 5.62.